The molecule has 1 aliphatic carbocycles. The van der Waals surface area contributed by atoms with E-state index >= 15 is 0 Å². The Kier molecular flexibility index (Phi) is 3.61. The van der Waals surface area contributed by atoms with E-state index in [1.165, 1.54) is 6.20 Å². The molecule has 4 rings (SSSR count). The van der Waals surface area contributed by atoms with Crippen molar-refractivity contribution in [2.45, 2.75) is 38.0 Å². The van der Waals surface area contributed by atoms with Crippen molar-refractivity contribution in [1.82, 2.24) is 14.7 Å². The topological polar surface area (TPSA) is 64.4 Å². The van der Waals surface area contributed by atoms with Crippen LogP contribution in [0.4, 0.5) is 0 Å². The molecule has 0 unspecified atom stereocenters. The van der Waals surface area contributed by atoms with Gasteiger partial charge >= 0.3 is 0 Å². The molecule has 2 aromatic rings. The Morgan fingerprint density at radius 1 is 1.30 bits per heavy atom. The normalized spacial score (nSPS) is 23.9. The van der Waals surface area contributed by atoms with Crippen LogP contribution in [0.25, 0.3) is 10.9 Å². The van der Waals surface area contributed by atoms with Gasteiger partial charge in [-0.15, -0.1) is 0 Å². The molecule has 2 fully saturated rings. The van der Waals surface area contributed by atoms with Crippen LogP contribution in [0.5, 0.6) is 0 Å². The quantitative estimate of drug-likeness (QED) is 0.835. The Balaban J connectivity index is 1.62. The molecule has 1 saturated carbocycles. The van der Waals surface area contributed by atoms with Gasteiger partial charge in [0.1, 0.15) is 6.54 Å². The Labute approximate surface area is 133 Å². The summed E-state index contributed by atoms with van der Waals surface area (Å²) in [4.78, 5) is 26.6. The molecule has 6 nitrogen and oxygen atoms in total. The van der Waals surface area contributed by atoms with Crippen molar-refractivity contribution in [3.63, 3.8) is 0 Å². The van der Waals surface area contributed by atoms with Gasteiger partial charge in [-0.1, -0.05) is 12.1 Å². The van der Waals surface area contributed by atoms with Crippen molar-refractivity contribution in [2.24, 2.45) is 0 Å². The Morgan fingerprint density at radius 2 is 2.17 bits per heavy atom. The van der Waals surface area contributed by atoms with Crippen molar-refractivity contribution in [3.05, 3.63) is 40.7 Å². The number of ether oxygens (including phenoxy) is 1. The average Bonchev–Trinajstić information content (AvgIpc) is 3.06. The fourth-order valence-corrected chi connectivity index (χ4v) is 3.74. The van der Waals surface area contributed by atoms with E-state index in [1.54, 1.807) is 10.7 Å². The lowest BCUT2D eigenvalue weighted by Gasteiger charge is -2.37. The van der Waals surface area contributed by atoms with E-state index in [0.29, 0.717) is 24.1 Å². The fraction of sp³-hybridized carbons (Fsp3) is 0.471. The van der Waals surface area contributed by atoms with E-state index in [-0.39, 0.29) is 30.0 Å². The third-order valence-electron chi connectivity index (χ3n) is 4.85. The van der Waals surface area contributed by atoms with E-state index in [4.69, 9.17) is 4.74 Å². The number of morpholine rings is 1. The summed E-state index contributed by atoms with van der Waals surface area (Å²) in [6, 6.07) is 7.46. The average molecular weight is 313 g/mol. The summed E-state index contributed by atoms with van der Waals surface area (Å²) in [5, 5.41) is 4.75. The van der Waals surface area contributed by atoms with Crippen LogP contribution in [-0.2, 0) is 16.1 Å². The van der Waals surface area contributed by atoms with Gasteiger partial charge in [-0.3, -0.25) is 14.3 Å². The van der Waals surface area contributed by atoms with Crippen LogP contribution >= 0.6 is 0 Å². The summed E-state index contributed by atoms with van der Waals surface area (Å²) < 4.78 is 7.38. The third-order valence-corrected chi connectivity index (χ3v) is 4.85. The molecule has 0 N–H and O–H groups in total. The first kappa shape index (κ1) is 14.4. The highest BCUT2D eigenvalue weighted by Gasteiger charge is 2.38. The Morgan fingerprint density at radius 3 is 3.09 bits per heavy atom. The number of benzene rings is 1. The van der Waals surface area contributed by atoms with Crippen molar-refractivity contribution >= 4 is 16.8 Å². The smallest absolute Gasteiger partial charge is 0.244 e. The van der Waals surface area contributed by atoms with Crippen molar-refractivity contribution < 1.29 is 9.53 Å². The monoisotopic (exact) mass is 313 g/mol. The van der Waals surface area contributed by atoms with Crippen LogP contribution in [0.2, 0.25) is 0 Å². The number of rotatable bonds is 2. The largest absolute Gasteiger partial charge is 0.374 e. The summed E-state index contributed by atoms with van der Waals surface area (Å²) in [7, 11) is 0. The number of carbonyl (C=O) groups is 1. The standard InChI is InChI=1S/C17H19N3O3/c21-15-10-18-20(13-5-2-1-4-12(13)15)11-17(22)19-8-9-23-16-7-3-6-14(16)19/h1-2,4-5,10,14,16H,3,6-9,11H2/t14-,16+/m0/s1. The number of amides is 1. The maximum absolute atomic E-state index is 12.8. The third kappa shape index (κ3) is 2.53. The van der Waals surface area contributed by atoms with Gasteiger partial charge in [-0.25, -0.2) is 0 Å². The molecule has 120 valence electrons. The lowest BCUT2D eigenvalue weighted by atomic mass is 10.1. The minimum Gasteiger partial charge on any atom is -0.374 e. The highest BCUT2D eigenvalue weighted by atomic mass is 16.5. The van der Waals surface area contributed by atoms with Crippen LogP contribution in [0.1, 0.15) is 19.3 Å². The van der Waals surface area contributed by atoms with Gasteiger partial charge in [-0.05, 0) is 31.4 Å². The predicted molar refractivity (Wildman–Crippen MR) is 85.1 cm³/mol. The Bertz CT molecular complexity index is 801. The maximum Gasteiger partial charge on any atom is 0.244 e. The number of nitrogens with zero attached hydrogens (tertiary/aromatic N) is 3. The van der Waals surface area contributed by atoms with Gasteiger partial charge in [0.15, 0.2) is 0 Å². The molecule has 0 spiro atoms. The SMILES string of the molecule is O=C(Cn1ncc(=O)c2ccccc21)N1CCO[C@@H]2CCC[C@@H]21. The summed E-state index contributed by atoms with van der Waals surface area (Å²) in [6.07, 6.45) is 4.63. The number of hydrogen-bond acceptors (Lipinski definition) is 4. The fourth-order valence-electron chi connectivity index (χ4n) is 3.74. The van der Waals surface area contributed by atoms with Gasteiger partial charge in [0, 0.05) is 11.9 Å². The van der Waals surface area contributed by atoms with Gasteiger partial charge in [0.25, 0.3) is 0 Å². The lowest BCUT2D eigenvalue weighted by Crippen LogP contribution is -2.52. The molecular formula is C17H19N3O3. The van der Waals surface area contributed by atoms with Crippen LogP contribution in [0.3, 0.4) is 0 Å². The molecule has 6 heteroatoms. The molecule has 1 amide bonds. The van der Waals surface area contributed by atoms with Crippen molar-refractivity contribution in [1.29, 1.82) is 0 Å². The molecule has 1 saturated heterocycles. The van der Waals surface area contributed by atoms with Gasteiger partial charge in [-0.2, -0.15) is 5.10 Å². The zero-order valence-electron chi connectivity index (χ0n) is 12.9. The highest BCUT2D eigenvalue weighted by Crippen LogP contribution is 2.29. The Hall–Kier alpha value is -2.21. The van der Waals surface area contributed by atoms with E-state index in [9.17, 15) is 9.59 Å². The van der Waals surface area contributed by atoms with E-state index < -0.39 is 0 Å². The molecule has 2 aliphatic rings. The zero-order valence-corrected chi connectivity index (χ0v) is 12.9. The number of carbonyl (C=O) groups excluding carboxylic acids is 1. The van der Waals surface area contributed by atoms with Crippen LogP contribution in [0.15, 0.2) is 35.3 Å². The zero-order chi connectivity index (χ0) is 15.8. The minimum absolute atomic E-state index is 0.0477. The highest BCUT2D eigenvalue weighted by molar-refractivity contribution is 5.81. The summed E-state index contributed by atoms with van der Waals surface area (Å²) >= 11 is 0. The van der Waals surface area contributed by atoms with Gasteiger partial charge < -0.3 is 9.64 Å². The molecule has 0 bridgehead atoms. The second-order valence-electron chi connectivity index (χ2n) is 6.18. The maximum atomic E-state index is 12.8. The number of aromatic nitrogens is 2. The molecule has 1 aliphatic heterocycles. The second kappa shape index (κ2) is 5.77. The molecule has 0 radical (unpaired) electrons. The van der Waals surface area contributed by atoms with Crippen LogP contribution in [0, 0.1) is 0 Å². The van der Waals surface area contributed by atoms with E-state index in [0.717, 1.165) is 19.3 Å². The molecule has 2 heterocycles. The minimum atomic E-state index is -0.119. The van der Waals surface area contributed by atoms with Crippen LogP contribution < -0.4 is 5.43 Å². The molecule has 2 atom stereocenters. The summed E-state index contributed by atoms with van der Waals surface area (Å²) in [6.45, 7) is 1.40. The second-order valence-corrected chi connectivity index (χ2v) is 6.18. The molecule has 1 aromatic carbocycles. The number of fused-ring (bicyclic) bond motifs is 2. The van der Waals surface area contributed by atoms with Gasteiger partial charge in [0.2, 0.25) is 11.3 Å². The van der Waals surface area contributed by atoms with Gasteiger partial charge in [0.05, 0.1) is 30.5 Å². The predicted octanol–water partition coefficient (Wildman–Crippen LogP) is 1.18. The number of hydrogen-bond donors (Lipinski definition) is 0. The summed E-state index contributed by atoms with van der Waals surface area (Å²) in [5.74, 6) is 0.0477. The number of para-hydroxylation sites is 1. The van der Waals surface area contributed by atoms with Crippen molar-refractivity contribution in [2.75, 3.05) is 13.2 Å². The lowest BCUT2D eigenvalue weighted by molar-refractivity contribution is -0.144. The van der Waals surface area contributed by atoms with E-state index in [1.807, 2.05) is 23.1 Å². The van der Waals surface area contributed by atoms with E-state index in [2.05, 4.69) is 5.10 Å². The molecule has 1 aromatic heterocycles. The van der Waals surface area contributed by atoms with Crippen molar-refractivity contribution in [3.8, 4) is 0 Å². The first-order chi connectivity index (χ1) is 11.2. The molecule has 23 heavy (non-hydrogen) atoms. The first-order valence-electron chi connectivity index (χ1n) is 8.10. The first-order valence-corrected chi connectivity index (χ1v) is 8.10. The van der Waals surface area contributed by atoms with Crippen LogP contribution in [-0.4, -0.2) is 45.9 Å². The summed E-state index contributed by atoms with van der Waals surface area (Å²) in [5.41, 5.74) is 0.580. The molecular weight excluding hydrogens is 294 g/mol.